The first-order valence-corrected chi connectivity index (χ1v) is 8.02. The molecule has 0 bridgehead atoms. The Morgan fingerprint density at radius 2 is 2.05 bits per heavy atom. The third-order valence-electron chi connectivity index (χ3n) is 4.25. The lowest BCUT2D eigenvalue weighted by molar-refractivity contribution is -0.138. The molecule has 1 aromatic heterocycles. The lowest BCUT2D eigenvalue weighted by Crippen LogP contribution is -2.48. The van der Waals surface area contributed by atoms with Crippen LogP contribution in [0.1, 0.15) is 51.6 Å². The second-order valence-corrected chi connectivity index (χ2v) is 6.08. The van der Waals surface area contributed by atoms with Crippen LogP contribution in [0.4, 0.5) is 0 Å². The SMILES string of the molecule is CC1CCCC(C)N1C(=O)Cn1cc(CCCCN)nn1. The molecule has 1 aliphatic rings. The maximum atomic E-state index is 12.5. The van der Waals surface area contributed by atoms with Crippen LogP contribution in [0.3, 0.4) is 0 Å². The van der Waals surface area contributed by atoms with Gasteiger partial charge in [0, 0.05) is 18.3 Å². The van der Waals surface area contributed by atoms with Gasteiger partial charge in [0.1, 0.15) is 6.54 Å². The van der Waals surface area contributed by atoms with Crippen molar-refractivity contribution in [2.75, 3.05) is 6.54 Å². The van der Waals surface area contributed by atoms with Gasteiger partial charge in [0.2, 0.25) is 5.91 Å². The Morgan fingerprint density at radius 1 is 1.33 bits per heavy atom. The van der Waals surface area contributed by atoms with E-state index in [1.165, 1.54) is 6.42 Å². The van der Waals surface area contributed by atoms with Crippen LogP contribution in [-0.4, -0.2) is 44.4 Å². The fraction of sp³-hybridized carbons (Fsp3) is 0.800. The molecule has 1 fully saturated rings. The number of rotatable bonds is 6. The van der Waals surface area contributed by atoms with Gasteiger partial charge in [-0.15, -0.1) is 5.10 Å². The normalized spacial score (nSPS) is 22.5. The predicted octanol–water partition coefficient (Wildman–Crippen LogP) is 1.35. The molecule has 1 aromatic rings. The van der Waals surface area contributed by atoms with E-state index < -0.39 is 0 Å². The Balaban J connectivity index is 1.90. The lowest BCUT2D eigenvalue weighted by Gasteiger charge is -2.39. The molecule has 2 N–H and O–H groups in total. The minimum atomic E-state index is 0.146. The van der Waals surface area contributed by atoms with Crippen molar-refractivity contribution >= 4 is 5.91 Å². The monoisotopic (exact) mass is 293 g/mol. The van der Waals surface area contributed by atoms with E-state index in [0.29, 0.717) is 25.2 Å². The summed E-state index contributed by atoms with van der Waals surface area (Å²) in [5.74, 6) is 0.146. The van der Waals surface area contributed by atoms with Crippen molar-refractivity contribution in [3.63, 3.8) is 0 Å². The van der Waals surface area contributed by atoms with Crippen LogP contribution >= 0.6 is 0 Å². The molecule has 1 amide bonds. The van der Waals surface area contributed by atoms with Gasteiger partial charge in [-0.3, -0.25) is 4.79 Å². The topological polar surface area (TPSA) is 77.0 Å². The van der Waals surface area contributed by atoms with Crippen molar-refractivity contribution in [3.05, 3.63) is 11.9 Å². The van der Waals surface area contributed by atoms with Crippen molar-refractivity contribution < 1.29 is 4.79 Å². The van der Waals surface area contributed by atoms with Crippen LogP contribution in [0.5, 0.6) is 0 Å². The average molecular weight is 293 g/mol. The van der Waals surface area contributed by atoms with E-state index in [4.69, 9.17) is 5.73 Å². The van der Waals surface area contributed by atoms with Gasteiger partial charge in [0.25, 0.3) is 0 Å². The van der Waals surface area contributed by atoms with Crippen LogP contribution < -0.4 is 5.73 Å². The Bertz CT molecular complexity index is 449. The first kappa shape index (κ1) is 15.9. The molecule has 21 heavy (non-hydrogen) atoms. The first-order valence-electron chi connectivity index (χ1n) is 8.02. The fourth-order valence-corrected chi connectivity index (χ4v) is 3.11. The molecular weight excluding hydrogens is 266 g/mol. The third-order valence-corrected chi connectivity index (χ3v) is 4.25. The summed E-state index contributed by atoms with van der Waals surface area (Å²) >= 11 is 0. The standard InChI is InChI=1S/C15H27N5O/c1-12-6-5-7-13(2)20(12)15(21)11-19-10-14(17-18-19)8-3-4-9-16/h10,12-13H,3-9,11,16H2,1-2H3. The number of nitrogens with zero attached hydrogens (tertiary/aromatic N) is 4. The first-order chi connectivity index (χ1) is 10.1. The van der Waals surface area contributed by atoms with E-state index in [1.807, 2.05) is 11.1 Å². The highest BCUT2D eigenvalue weighted by molar-refractivity contribution is 5.76. The van der Waals surface area contributed by atoms with Crippen molar-refractivity contribution in [2.24, 2.45) is 5.73 Å². The summed E-state index contributed by atoms with van der Waals surface area (Å²) in [5.41, 5.74) is 6.42. The minimum absolute atomic E-state index is 0.146. The average Bonchev–Trinajstić information content (AvgIpc) is 2.86. The van der Waals surface area contributed by atoms with Crippen LogP contribution in [0.25, 0.3) is 0 Å². The lowest BCUT2D eigenvalue weighted by atomic mass is 9.97. The number of piperidine rings is 1. The van der Waals surface area contributed by atoms with Crippen LogP contribution in [0, 0.1) is 0 Å². The molecule has 1 saturated heterocycles. The zero-order valence-corrected chi connectivity index (χ0v) is 13.2. The second kappa shape index (κ2) is 7.54. The second-order valence-electron chi connectivity index (χ2n) is 6.08. The minimum Gasteiger partial charge on any atom is -0.336 e. The molecule has 2 heterocycles. The van der Waals surface area contributed by atoms with E-state index in [-0.39, 0.29) is 5.91 Å². The largest absolute Gasteiger partial charge is 0.336 e. The van der Waals surface area contributed by atoms with E-state index in [9.17, 15) is 4.79 Å². The Morgan fingerprint density at radius 3 is 2.71 bits per heavy atom. The van der Waals surface area contributed by atoms with E-state index in [0.717, 1.165) is 37.8 Å². The summed E-state index contributed by atoms with van der Waals surface area (Å²) in [4.78, 5) is 14.5. The summed E-state index contributed by atoms with van der Waals surface area (Å²) in [6.07, 6.45) is 8.17. The molecule has 0 radical (unpaired) electrons. The molecule has 0 saturated carbocycles. The highest BCUT2D eigenvalue weighted by Gasteiger charge is 2.28. The summed E-state index contributed by atoms with van der Waals surface area (Å²) in [6, 6.07) is 0.655. The number of carbonyl (C=O) groups is 1. The van der Waals surface area contributed by atoms with E-state index >= 15 is 0 Å². The summed E-state index contributed by atoms with van der Waals surface area (Å²) < 4.78 is 1.66. The Kier molecular flexibility index (Phi) is 5.73. The van der Waals surface area contributed by atoms with Crippen molar-refractivity contribution in [1.29, 1.82) is 0 Å². The molecule has 6 nitrogen and oxygen atoms in total. The van der Waals surface area contributed by atoms with Crippen LogP contribution in [-0.2, 0) is 17.8 Å². The Hall–Kier alpha value is -1.43. The predicted molar refractivity (Wildman–Crippen MR) is 81.6 cm³/mol. The quantitative estimate of drug-likeness (QED) is 0.803. The van der Waals surface area contributed by atoms with Crippen molar-refractivity contribution in [3.8, 4) is 0 Å². The zero-order valence-electron chi connectivity index (χ0n) is 13.2. The fourth-order valence-electron chi connectivity index (χ4n) is 3.11. The summed E-state index contributed by atoms with van der Waals surface area (Å²) in [7, 11) is 0. The molecule has 6 heteroatoms. The van der Waals surface area contributed by atoms with Crippen molar-refractivity contribution in [1.82, 2.24) is 19.9 Å². The smallest absolute Gasteiger partial charge is 0.244 e. The van der Waals surface area contributed by atoms with Gasteiger partial charge in [-0.2, -0.15) is 0 Å². The van der Waals surface area contributed by atoms with Gasteiger partial charge in [-0.25, -0.2) is 4.68 Å². The highest BCUT2D eigenvalue weighted by Crippen LogP contribution is 2.22. The van der Waals surface area contributed by atoms with Gasteiger partial charge >= 0.3 is 0 Å². The third kappa shape index (κ3) is 4.27. The molecule has 1 aliphatic heterocycles. The van der Waals surface area contributed by atoms with Crippen molar-refractivity contribution in [2.45, 2.75) is 71.0 Å². The number of hydrogen-bond acceptors (Lipinski definition) is 4. The van der Waals surface area contributed by atoms with Gasteiger partial charge in [-0.05, 0) is 58.9 Å². The molecule has 118 valence electrons. The number of likely N-dealkylation sites (tertiary alicyclic amines) is 1. The number of carbonyl (C=O) groups excluding carboxylic acids is 1. The zero-order chi connectivity index (χ0) is 15.2. The molecule has 0 aliphatic carbocycles. The highest BCUT2D eigenvalue weighted by atomic mass is 16.2. The molecule has 2 atom stereocenters. The van der Waals surface area contributed by atoms with Gasteiger partial charge in [0.15, 0.2) is 0 Å². The number of unbranched alkanes of at least 4 members (excludes halogenated alkanes) is 1. The summed E-state index contributed by atoms with van der Waals surface area (Å²) in [5, 5.41) is 8.19. The maximum absolute atomic E-state index is 12.5. The number of nitrogens with two attached hydrogens (primary N) is 1. The number of hydrogen-bond donors (Lipinski definition) is 1. The number of amides is 1. The summed E-state index contributed by atoms with van der Waals surface area (Å²) in [6.45, 7) is 5.26. The van der Waals surface area contributed by atoms with E-state index in [1.54, 1.807) is 4.68 Å². The molecule has 2 unspecified atom stereocenters. The van der Waals surface area contributed by atoms with Crippen LogP contribution in [0.15, 0.2) is 6.20 Å². The molecular formula is C15H27N5O. The number of aryl methyl sites for hydroxylation is 1. The molecule has 2 rings (SSSR count). The van der Waals surface area contributed by atoms with Crippen LogP contribution in [0.2, 0.25) is 0 Å². The van der Waals surface area contributed by atoms with Gasteiger partial charge < -0.3 is 10.6 Å². The number of aromatic nitrogens is 3. The molecule has 0 aromatic carbocycles. The Labute approximate surface area is 126 Å². The van der Waals surface area contributed by atoms with Gasteiger partial charge in [-0.1, -0.05) is 5.21 Å². The molecule has 0 spiro atoms. The van der Waals surface area contributed by atoms with Gasteiger partial charge in [0.05, 0.1) is 5.69 Å². The van der Waals surface area contributed by atoms with E-state index in [2.05, 4.69) is 24.2 Å². The maximum Gasteiger partial charge on any atom is 0.244 e.